The molecule has 0 aliphatic rings. The van der Waals surface area contributed by atoms with Gasteiger partial charge in [0.15, 0.2) is 0 Å². The molecule has 86 valence electrons. The molecule has 0 aliphatic carbocycles. The Kier molecular flexibility index (Phi) is 3.82. The van der Waals surface area contributed by atoms with Crippen molar-refractivity contribution >= 4 is 11.9 Å². The number of nitrogens with two attached hydrogens (primary N) is 1. The van der Waals surface area contributed by atoms with Gasteiger partial charge < -0.3 is 15.6 Å². The van der Waals surface area contributed by atoms with Crippen molar-refractivity contribution < 1.29 is 23.8 Å². The number of hydrogen-bond acceptors (Lipinski definition) is 3. The molecule has 1 aromatic rings. The van der Waals surface area contributed by atoms with Crippen LogP contribution in [0.15, 0.2) is 18.2 Å². The van der Waals surface area contributed by atoms with E-state index in [1.165, 1.54) is 12.1 Å². The largest absolute Gasteiger partial charge is 0.492 e. The van der Waals surface area contributed by atoms with Crippen molar-refractivity contribution in [3.63, 3.8) is 0 Å². The van der Waals surface area contributed by atoms with Gasteiger partial charge in [-0.2, -0.15) is 0 Å². The number of carbonyl (C=O) groups is 2. The zero-order chi connectivity index (χ0) is 12.1. The lowest BCUT2D eigenvalue weighted by atomic mass is 10.2. The van der Waals surface area contributed by atoms with E-state index in [-0.39, 0.29) is 18.8 Å². The fraction of sp³-hybridized carbons (Fsp3) is 0.200. The molecule has 0 aliphatic heterocycles. The topological polar surface area (TPSA) is 89.6 Å². The predicted octanol–water partition coefficient (Wildman–Crippen LogP) is 0.778. The molecule has 0 saturated carbocycles. The Morgan fingerprint density at radius 2 is 2.12 bits per heavy atom. The first-order valence-electron chi connectivity index (χ1n) is 4.45. The quantitative estimate of drug-likeness (QED) is 0.777. The van der Waals surface area contributed by atoms with E-state index in [9.17, 15) is 14.0 Å². The average molecular weight is 227 g/mol. The number of hydrogen-bond donors (Lipinski definition) is 2. The average Bonchev–Trinajstić information content (AvgIpc) is 2.16. The molecule has 16 heavy (non-hydrogen) atoms. The van der Waals surface area contributed by atoms with E-state index in [2.05, 4.69) is 0 Å². The molecule has 1 amide bonds. The Morgan fingerprint density at radius 3 is 2.69 bits per heavy atom. The van der Waals surface area contributed by atoms with Crippen molar-refractivity contribution in [3.8, 4) is 5.75 Å². The highest BCUT2D eigenvalue weighted by Crippen LogP contribution is 2.21. The summed E-state index contributed by atoms with van der Waals surface area (Å²) < 4.78 is 18.1. The Hall–Kier alpha value is -2.11. The maximum absolute atomic E-state index is 13.1. The van der Waals surface area contributed by atoms with E-state index in [0.717, 1.165) is 6.07 Å². The maximum atomic E-state index is 13.1. The highest BCUT2D eigenvalue weighted by atomic mass is 19.1. The SMILES string of the molecule is NC(=O)CCOc1cccc(F)c1C(=O)O. The van der Waals surface area contributed by atoms with Gasteiger partial charge in [-0.15, -0.1) is 0 Å². The first-order chi connectivity index (χ1) is 7.52. The number of carboxylic acids is 1. The molecular weight excluding hydrogens is 217 g/mol. The molecule has 0 fully saturated rings. The summed E-state index contributed by atoms with van der Waals surface area (Å²) in [5.74, 6) is -3.00. The van der Waals surface area contributed by atoms with Crippen LogP contribution in [0.1, 0.15) is 16.8 Å². The van der Waals surface area contributed by atoms with Crippen molar-refractivity contribution in [1.82, 2.24) is 0 Å². The molecule has 0 heterocycles. The van der Waals surface area contributed by atoms with E-state index in [1.807, 2.05) is 0 Å². The Bertz CT molecular complexity index is 419. The third kappa shape index (κ3) is 2.94. The fourth-order valence-corrected chi connectivity index (χ4v) is 1.09. The fourth-order valence-electron chi connectivity index (χ4n) is 1.09. The summed E-state index contributed by atoms with van der Waals surface area (Å²) in [6, 6.07) is 3.65. The minimum Gasteiger partial charge on any atom is -0.492 e. The number of amides is 1. The van der Waals surface area contributed by atoms with Crippen LogP contribution in [0.2, 0.25) is 0 Å². The highest BCUT2D eigenvalue weighted by Gasteiger charge is 2.16. The van der Waals surface area contributed by atoms with Gasteiger partial charge >= 0.3 is 5.97 Å². The second-order valence-corrected chi connectivity index (χ2v) is 2.98. The van der Waals surface area contributed by atoms with Crippen molar-refractivity contribution in [2.75, 3.05) is 6.61 Å². The zero-order valence-electron chi connectivity index (χ0n) is 8.27. The van der Waals surface area contributed by atoms with E-state index < -0.39 is 23.3 Å². The molecule has 3 N–H and O–H groups in total. The second kappa shape index (κ2) is 5.11. The van der Waals surface area contributed by atoms with Crippen molar-refractivity contribution in [3.05, 3.63) is 29.6 Å². The Labute approximate surface area is 90.6 Å². The number of ether oxygens (including phenoxy) is 1. The summed E-state index contributed by atoms with van der Waals surface area (Å²) in [7, 11) is 0. The molecule has 0 aromatic heterocycles. The number of rotatable bonds is 5. The minimum absolute atomic E-state index is 0.0599. The summed E-state index contributed by atoms with van der Waals surface area (Å²) in [5.41, 5.74) is 4.33. The molecule has 0 saturated heterocycles. The highest BCUT2D eigenvalue weighted by molar-refractivity contribution is 5.91. The molecule has 1 rings (SSSR count). The van der Waals surface area contributed by atoms with Gasteiger partial charge in [0.1, 0.15) is 17.1 Å². The van der Waals surface area contributed by atoms with Crippen LogP contribution >= 0.6 is 0 Å². The van der Waals surface area contributed by atoms with Gasteiger partial charge in [-0.1, -0.05) is 6.07 Å². The van der Waals surface area contributed by atoms with E-state index in [4.69, 9.17) is 15.6 Å². The van der Waals surface area contributed by atoms with Crippen LogP contribution in [-0.2, 0) is 4.79 Å². The van der Waals surface area contributed by atoms with Gasteiger partial charge in [-0.05, 0) is 12.1 Å². The lowest BCUT2D eigenvalue weighted by Gasteiger charge is -2.08. The Morgan fingerprint density at radius 1 is 1.44 bits per heavy atom. The number of carboxylic acid groups (broad SMARTS) is 1. The van der Waals surface area contributed by atoms with Crippen LogP contribution in [0.3, 0.4) is 0 Å². The van der Waals surface area contributed by atoms with Crippen LogP contribution in [0.5, 0.6) is 5.75 Å². The molecule has 0 atom stereocenters. The molecular formula is C10H10FNO4. The molecule has 0 radical (unpaired) electrons. The smallest absolute Gasteiger partial charge is 0.342 e. The van der Waals surface area contributed by atoms with Gasteiger partial charge in [0.25, 0.3) is 0 Å². The van der Waals surface area contributed by atoms with Crippen molar-refractivity contribution in [2.24, 2.45) is 5.73 Å². The van der Waals surface area contributed by atoms with Gasteiger partial charge in [-0.3, -0.25) is 4.79 Å². The van der Waals surface area contributed by atoms with Crippen molar-refractivity contribution in [2.45, 2.75) is 6.42 Å². The van der Waals surface area contributed by atoms with Crippen LogP contribution < -0.4 is 10.5 Å². The van der Waals surface area contributed by atoms with Gasteiger partial charge in [-0.25, -0.2) is 9.18 Å². The summed E-state index contributed by atoms with van der Waals surface area (Å²) in [6.45, 7) is -0.0843. The molecule has 5 nitrogen and oxygen atoms in total. The molecule has 0 spiro atoms. The summed E-state index contributed by atoms with van der Waals surface area (Å²) in [6.07, 6.45) is -0.0599. The normalized spacial score (nSPS) is 9.81. The first kappa shape index (κ1) is 12.0. The number of aromatic carboxylic acids is 1. The monoisotopic (exact) mass is 227 g/mol. The third-order valence-corrected chi connectivity index (χ3v) is 1.80. The lowest BCUT2D eigenvalue weighted by molar-refractivity contribution is -0.118. The first-order valence-corrected chi connectivity index (χ1v) is 4.45. The number of benzene rings is 1. The molecule has 0 bridgehead atoms. The minimum atomic E-state index is -1.42. The molecule has 6 heteroatoms. The van der Waals surface area contributed by atoms with Gasteiger partial charge in [0.05, 0.1) is 13.0 Å². The number of primary amides is 1. The van der Waals surface area contributed by atoms with Crippen LogP contribution in [-0.4, -0.2) is 23.6 Å². The Balaban J connectivity index is 2.83. The lowest BCUT2D eigenvalue weighted by Crippen LogP contribution is -2.15. The molecule has 0 unspecified atom stereocenters. The zero-order valence-corrected chi connectivity index (χ0v) is 8.27. The predicted molar refractivity (Wildman–Crippen MR) is 52.7 cm³/mol. The summed E-state index contributed by atoms with van der Waals surface area (Å²) in [5, 5.41) is 8.74. The summed E-state index contributed by atoms with van der Waals surface area (Å²) in [4.78, 5) is 21.2. The van der Waals surface area contributed by atoms with Gasteiger partial charge in [0, 0.05) is 0 Å². The number of halogens is 1. The second-order valence-electron chi connectivity index (χ2n) is 2.98. The molecule has 1 aromatic carbocycles. The third-order valence-electron chi connectivity index (χ3n) is 1.80. The van der Waals surface area contributed by atoms with E-state index in [1.54, 1.807) is 0 Å². The number of carbonyl (C=O) groups excluding carboxylic acids is 1. The van der Waals surface area contributed by atoms with Crippen LogP contribution in [0, 0.1) is 5.82 Å². The van der Waals surface area contributed by atoms with Gasteiger partial charge in [0.2, 0.25) is 5.91 Å². The standard InChI is InChI=1S/C10H10FNO4/c11-6-2-1-3-7(9(6)10(14)15)16-5-4-8(12)13/h1-3H,4-5H2,(H2,12,13)(H,14,15). The van der Waals surface area contributed by atoms with Crippen LogP contribution in [0.4, 0.5) is 4.39 Å². The van der Waals surface area contributed by atoms with Crippen molar-refractivity contribution in [1.29, 1.82) is 0 Å². The van der Waals surface area contributed by atoms with E-state index in [0.29, 0.717) is 0 Å². The maximum Gasteiger partial charge on any atom is 0.342 e. The summed E-state index contributed by atoms with van der Waals surface area (Å²) >= 11 is 0. The van der Waals surface area contributed by atoms with Crippen LogP contribution in [0.25, 0.3) is 0 Å². The van der Waals surface area contributed by atoms with E-state index >= 15 is 0 Å².